The third-order valence-electron chi connectivity index (χ3n) is 4.06. The molecule has 1 aliphatic carbocycles. The van der Waals surface area contributed by atoms with Crippen LogP contribution in [0.1, 0.15) is 32.6 Å². The van der Waals surface area contributed by atoms with Gasteiger partial charge in [-0.1, -0.05) is 0 Å². The lowest BCUT2D eigenvalue weighted by atomic mass is 9.88. The highest BCUT2D eigenvalue weighted by Gasteiger charge is 2.25. The van der Waals surface area contributed by atoms with Crippen LogP contribution < -0.4 is 10.7 Å². The van der Waals surface area contributed by atoms with Gasteiger partial charge in [-0.25, -0.2) is 10.3 Å². The van der Waals surface area contributed by atoms with Gasteiger partial charge in [0.2, 0.25) is 0 Å². The second-order valence-electron chi connectivity index (χ2n) is 5.62. The second-order valence-corrected chi connectivity index (χ2v) is 5.62. The Hall–Kier alpha value is -0.980. The summed E-state index contributed by atoms with van der Waals surface area (Å²) in [5.74, 6) is 0.344. The molecule has 1 saturated heterocycles. The number of carbonyl (C=O) groups is 1. The van der Waals surface area contributed by atoms with Crippen LogP contribution in [0.2, 0.25) is 0 Å². The number of hydrogen-bond donors (Lipinski definition) is 3. The standard InChI is InChI=1S/C13H24N4O2/c1-10-14-6-7-17(10)9-13(19)16-15-8-11-2-4-12(18)5-3-11/h8,10-12,14,18H,2-7,9H2,1H3,(H,16,19)/p+1. The van der Waals surface area contributed by atoms with E-state index in [1.807, 2.05) is 6.21 Å². The zero-order valence-electron chi connectivity index (χ0n) is 11.6. The molecule has 1 aliphatic heterocycles. The first-order valence-electron chi connectivity index (χ1n) is 7.22. The first-order chi connectivity index (χ1) is 9.15. The summed E-state index contributed by atoms with van der Waals surface area (Å²) in [6, 6.07) is 0. The van der Waals surface area contributed by atoms with Crippen LogP contribution in [0.3, 0.4) is 0 Å². The summed E-state index contributed by atoms with van der Waals surface area (Å²) >= 11 is 0. The SMILES string of the molecule is CC1[NH2+]CCN1CC(=O)NN=CC1CCC(O)CC1. The first kappa shape index (κ1) is 14.4. The minimum Gasteiger partial charge on any atom is -0.393 e. The molecule has 108 valence electrons. The topological polar surface area (TPSA) is 81.5 Å². The molecule has 0 aromatic heterocycles. The number of nitrogens with zero attached hydrogens (tertiary/aromatic N) is 2. The van der Waals surface area contributed by atoms with Crippen LogP contribution in [0, 0.1) is 5.92 Å². The van der Waals surface area contributed by atoms with Gasteiger partial charge in [-0.05, 0) is 31.6 Å². The van der Waals surface area contributed by atoms with Crippen molar-refractivity contribution in [3.63, 3.8) is 0 Å². The molecule has 1 heterocycles. The molecular weight excluding hydrogens is 244 g/mol. The van der Waals surface area contributed by atoms with Crippen molar-refractivity contribution in [3.05, 3.63) is 0 Å². The van der Waals surface area contributed by atoms with Gasteiger partial charge >= 0.3 is 0 Å². The molecule has 4 N–H and O–H groups in total. The van der Waals surface area contributed by atoms with Crippen LogP contribution in [0.4, 0.5) is 0 Å². The molecule has 0 aromatic rings. The summed E-state index contributed by atoms with van der Waals surface area (Å²) in [4.78, 5) is 13.9. The molecule has 2 fully saturated rings. The summed E-state index contributed by atoms with van der Waals surface area (Å²) in [5.41, 5.74) is 2.60. The van der Waals surface area contributed by atoms with Crippen molar-refractivity contribution in [3.8, 4) is 0 Å². The Morgan fingerprint density at radius 2 is 2.21 bits per heavy atom. The van der Waals surface area contributed by atoms with E-state index in [9.17, 15) is 9.90 Å². The maximum atomic E-state index is 11.7. The maximum absolute atomic E-state index is 11.7. The highest BCUT2D eigenvalue weighted by atomic mass is 16.3. The van der Waals surface area contributed by atoms with Crippen LogP contribution in [0.5, 0.6) is 0 Å². The molecule has 19 heavy (non-hydrogen) atoms. The Balaban J connectivity index is 1.65. The number of quaternary nitrogens is 1. The van der Waals surface area contributed by atoms with E-state index in [4.69, 9.17) is 0 Å². The maximum Gasteiger partial charge on any atom is 0.254 e. The van der Waals surface area contributed by atoms with Gasteiger partial charge in [0.1, 0.15) is 6.17 Å². The van der Waals surface area contributed by atoms with Gasteiger partial charge in [-0.3, -0.25) is 4.79 Å². The third-order valence-corrected chi connectivity index (χ3v) is 4.06. The summed E-state index contributed by atoms with van der Waals surface area (Å²) in [5, 5.41) is 15.7. The van der Waals surface area contributed by atoms with E-state index >= 15 is 0 Å². The Morgan fingerprint density at radius 3 is 2.84 bits per heavy atom. The average Bonchev–Trinajstić information content (AvgIpc) is 2.78. The van der Waals surface area contributed by atoms with Gasteiger partial charge in [0.15, 0.2) is 0 Å². The van der Waals surface area contributed by atoms with Crippen LogP contribution in [-0.4, -0.2) is 54.0 Å². The summed E-state index contributed by atoms with van der Waals surface area (Å²) in [6.45, 7) is 4.54. The fraction of sp³-hybridized carbons (Fsp3) is 0.846. The number of amides is 1. The van der Waals surface area contributed by atoms with Crippen LogP contribution in [0.25, 0.3) is 0 Å². The summed E-state index contributed by atoms with van der Waals surface area (Å²) in [7, 11) is 0. The van der Waals surface area contributed by atoms with E-state index in [1.54, 1.807) is 0 Å². The Labute approximate surface area is 114 Å². The largest absolute Gasteiger partial charge is 0.393 e. The Morgan fingerprint density at radius 1 is 1.47 bits per heavy atom. The van der Waals surface area contributed by atoms with Gasteiger partial charge in [-0.2, -0.15) is 5.10 Å². The lowest BCUT2D eigenvalue weighted by Gasteiger charge is -2.22. The van der Waals surface area contributed by atoms with E-state index in [2.05, 4.69) is 27.7 Å². The van der Waals surface area contributed by atoms with Gasteiger partial charge in [0.05, 0.1) is 25.7 Å². The van der Waals surface area contributed by atoms with Gasteiger partial charge in [0, 0.05) is 13.1 Å². The van der Waals surface area contributed by atoms with Crippen molar-refractivity contribution in [1.82, 2.24) is 10.3 Å². The molecule has 2 aliphatic rings. The number of nitrogens with one attached hydrogen (secondary N) is 1. The van der Waals surface area contributed by atoms with Gasteiger partial charge < -0.3 is 10.4 Å². The molecule has 0 aromatic carbocycles. The quantitative estimate of drug-likeness (QED) is 0.446. The number of carbonyl (C=O) groups excluding carboxylic acids is 1. The number of aliphatic hydroxyl groups is 1. The number of hydrazone groups is 1. The number of nitrogens with two attached hydrogens (primary N) is 1. The first-order valence-corrected chi connectivity index (χ1v) is 7.22. The third kappa shape index (κ3) is 4.56. The molecule has 0 bridgehead atoms. The Kier molecular flexibility index (Phi) is 5.30. The van der Waals surface area contributed by atoms with Crippen molar-refractivity contribution in [2.75, 3.05) is 19.6 Å². The van der Waals surface area contributed by atoms with Crippen molar-refractivity contribution in [2.24, 2.45) is 11.0 Å². The lowest BCUT2D eigenvalue weighted by molar-refractivity contribution is -0.676. The zero-order chi connectivity index (χ0) is 13.7. The van der Waals surface area contributed by atoms with E-state index in [0.717, 1.165) is 38.8 Å². The van der Waals surface area contributed by atoms with Gasteiger partial charge in [0.25, 0.3) is 5.91 Å². The van der Waals surface area contributed by atoms with Crippen LogP contribution in [-0.2, 0) is 4.79 Å². The van der Waals surface area contributed by atoms with Crippen LogP contribution in [0.15, 0.2) is 5.10 Å². The fourth-order valence-corrected chi connectivity index (χ4v) is 2.74. The molecule has 0 spiro atoms. The zero-order valence-corrected chi connectivity index (χ0v) is 11.6. The summed E-state index contributed by atoms with van der Waals surface area (Å²) in [6.07, 6.45) is 5.65. The van der Waals surface area contributed by atoms with Gasteiger partial charge in [-0.15, -0.1) is 0 Å². The molecule has 1 unspecified atom stereocenters. The lowest BCUT2D eigenvalue weighted by Crippen LogP contribution is -2.87. The van der Waals surface area contributed by atoms with E-state index in [1.165, 1.54) is 0 Å². The van der Waals surface area contributed by atoms with Crippen molar-refractivity contribution < 1.29 is 15.2 Å². The van der Waals surface area contributed by atoms with Crippen molar-refractivity contribution in [2.45, 2.75) is 44.9 Å². The minimum atomic E-state index is -0.146. The number of hydrogen-bond acceptors (Lipinski definition) is 4. The number of aliphatic hydroxyl groups excluding tert-OH is 1. The van der Waals surface area contributed by atoms with E-state index < -0.39 is 0 Å². The second kappa shape index (κ2) is 6.98. The average molecular weight is 269 g/mol. The van der Waals surface area contributed by atoms with Crippen molar-refractivity contribution >= 4 is 12.1 Å². The van der Waals surface area contributed by atoms with E-state index in [-0.39, 0.29) is 12.0 Å². The summed E-state index contributed by atoms with van der Waals surface area (Å²) < 4.78 is 0. The highest BCUT2D eigenvalue weighted by Crippen LogP contribution is 2.22. The predicted octanol–water partition coefficient (Wildman–Crippen LogP) is -1.14. The molecule has 1 amide bonds. The smallest absolute Gasteiger partial charge is 0.254 e. The molecule has 2 rings (SSSR count). The van der Waals surface area contributed by atoms with Crippen molar-refractivity contribution in [1.29, 1.82) is 0 Å². The molecule has 1 saturated carbocycles. The Bertz CT molecular complexity index is 327. The molecule has 6 heteroatoms. The molecule has 6 nitrogen and oxygen atoms in total. The molecular formula is C13H25N4O2+. The predicted molar refractivity (Wildman–Crippen MR) is 72.4 cm³/mol. The normalized spacial score (nSPS) is 32.8. The monoisotopic (exact) mass is 269 g/mol. The fourth-order valence-electron chi connectivity index (χ4n) is 2.74. The van der Waals surface area contributed by atoms with Crippen LogP contribution >= 0.6 is 0 Å². The molecule has 0 radical (unpaired) electrons. The number of rotatable bonds is 4. The molecule has 1 atom stereocenters. The van der Waals surface area contributed by atoms with E-state index in [0.29, 0.717) is 18.6 Å². The minimum absolute atomic E-state index is 0.0470. The highest BCUT2D eigenvalue weighted by molar-refractivity contribution is 5.78.